The zero-order valence-electron chi connectivity index (χ0n) is 9.95. The molecule has 2 N–H and O–H groups in total. The SMILES string of the molecule is CCCCCCCCOCC(O)CCO. The molecule has 1 atom stereocenters. The highest BCUT2D eigenvalue weighted by Crippen LogP contribution is 2.05. The number of aliphatic hydroxyl groups is 2. The van der Waals surface area contributed by atoms with Gasteiger partial charge in [0.1, 0.15) is 0 Å². The van der Waals surface area contributed by atoms with Gasteiger partial charge in [0.25, 0.3) is 0 Å². The van der Waals surface area contributed by atoms with E-state index in [1.807, 2.05) is 0 Å². The van der Waals surface area contributed by atoms with Gasteiger partial charge in [0, 0.05) is 13.2 Å². The maximum Gasteiger partial charge on any atom is 0.0795 e. The summed E-state index contributed by atoms with van der Waals surface area (Å²) >= 11 is 0. The molecule has 1 unspecified atom stereocenters. The minimum Gasteiger partial charge on any atom is -0.396 e. The van der Waals surface area contributed by atoms with Crippen molar-refractivity contribution in [2.24, 2.45) is 0 Å². The zero-order valence-corrected chi connectivity index (χ0v) is 9.95. The van der Waals surface area contributed by atoms with Crippen LogP contribution < -0.4 is 0 Å². The van der Waals surface area contributed by atoms with Gasteiger partial charge < -0.3 is 14.9 Å². The molecule has 3 heteroatoms. The summed E-state index contributed by atoms with van der Waals surface area (Å²) < 4.78 is 5.29. The molecule has 0 aromatic carbocycles. The molecule has 92 valence electrons. The molecular weight excluding hydrogens is 192 g/mol. The Morgan fingerprint density at radius 3 is 2.40 bits per heavy atom. The lowest BCUT2D eigenvalue weighted by molar-refractivity contribution is 0.0228. The van der Waals surface area contributed by atoms with Crippen LogP contribution in [0.3, 0.4) is 0 Å². The predicted octanol–water partition coefficient (Wildman–Crippen LogP) is 2.11. The lowest BCUT2D eigenvalue weighted by Crippen LogP contribution is -2.17. The fourth-order valence-electron chi connectivity index (χ4n) is 1.44. The van der Waals surface area contributed by atoms with Gasteiger partial charge in [-0.05, 0) is 12.8 Å². The van der Waals surface area contributed by atoms with Crippen LogP contribution in [0.15, 0.2) is 0 Å². The number of unbranched alkanes of at least 4 members (excludes halogenated alkanes) is 5. The molecule has 0 saturated heterocycles. The van der Waals surface area contributed by atoms with Crippen molar-refractivity contribution in [2.75, 3.05) is 19.8 Å². The van der Waals surface area contributed by atoms with Crippen LogP contribution in [0, 0.1) is 0 Å². The summed E-state index contributed by atoms with van der Waals surface area (Å²) in [4.78, 5) is 0. The molecule has 0 amide bonds. The molecule has 0 aliphatic carbocycles. The zero-order chi connectivity index (χ0) is 11.4. The standard InChI is InChI=1S/C12H26O3/c1-2-3-4-5-6-7-10-15-11-12(14)8-9-13/h12-14H,2-11H2,1H3. The summed E-state index contributed by atoms with van der Waals surface area (Å²) in [7, 11) is 0. The third kappa shape index (κ3) is 11.8. The minimum atomic E-state index is -0.505. The van der Waals surface area contributed by atoms with E-state index in [1.165, 1.54) is 32.1 Å². The van der Waals surface area contributed by atoms with Crippen molar-refractivity contribution < 1.29 is 14.9 Å². The molecule has 0 aliphatic heterocycles. The van der Waals surface area contributed by atoms with Gasteiger partial charge in [-0.25, -0.2) is 0 Å². The topological polar surface area (TPSA) is 49.7 Å². The molecule has 15 heavy (non-hydrogen) atoms. The van der Waals surface area contributed by atoms with E-state index >= 15 is 0 Å². The summed E-state index contributed by atoms with van der Waals surface area (Å²) in [5.41, 5.74) is 0. The third-order valence-electron chi connectivity index (χ3n) is 2.41. The van der Waals surface area contributed by atoms with Gasteiger partial charge in [0.2, 0.25) is 0 Å². The van der Waals surface area contributed by atoms with Crippen LogP contribution in [0.5, 0.6) is 0 Å². The van der Waals surface area contributed by atoms with Gasteiger partial charge in [-0.1, -0.05) is 39.0 Å². The van der Waals surface area contributed by atoms with Crippen molar-refractivity contribution in [3.05, 3.63) is 0 Å². The van der Waals surface area contributed by atoms with E-state index in [1.54, 1.807) is 0 Å². The molecule has 0 spiro atoms. The van der Waals surface area contributed by atoms with Crippen LogP contribution in [-0.2, 0) is 4.74 Å². The monoisotopic (exact) mass is 218 g/mol. The summed E-state index contributed by atoms with van der Waals surface area (Å²) in [5.74, 6) is 0. The second-order valence-electron chi connectivity index (χ2n) is 4.01. The second kappa shape index (κ2) is 12.0. The number of ether oxygens (including phenoxy) is 1. The van der Waals surface area contributed by atoms with Crippen molar-refractivity contribution in [2.45, 2.75) is 58.0 Å². The summed E-state index contributed by atoms with van der Waals surface area (Å²) in [5, 5.41) is 17.8. The highest BCUT2D eigenvalue weighted by Gasteiger charge is 2.02. The highest BCUT2D eigenvalue weighted by atomic mass is 16.5. The Hall–Kier alpha value is -0.120. The van der Waals surface area contributed by atoms with Gasteiger partial charge in [0.15, 0.2) is 0 Å². The van der Waals surface area contributed by atoms with E-state index in [0.29, 0.717) is 13.0 Å². The molecule has 0 heterocycles. The summed E-state index contributed by atoms with van der Waals surface area (Å²) in [6.45, 7) is 3.33. The van der Waals surface area contributed by atoms with E-state index in [4.69, 9.17) is 9.84 Å². The van der Waals surface area contributed by atoms with Crippen molar-refractivity contribution in [3.63, 3.8) is 0 Å². The van der Waals surface area contributed by atoms with Gasteiger partial charge in [0.05, 0.1) is 12.7 Å². The van der Waals surface area contributed by atoms with Crippen LogP contribution in [0.1, 0.15) is 51.9 Å². The Morgan fingerprint density at radius 2 is 1.73 bits per heavy atom. The first-order chi connectivity index (χ1) is 7.31. The average molecular weight is 218 g/mol. The Kier molecular flexibility index (Phi) is 11.9. The Balaban J connectivity index is 2.98. The van der Waals surface area contributed by atoms with E-state index in [9.17, 15) is 5.11 Å². The van der Waals surface area contributed by atoms with Crippen LogP contribution in [0.25, 0.3) is 0 Å². The van der Waals surface area contributed by atoms with Gasteiger partial charge in [-0.3, -0.25) is 0 Å². The average Bonchev–Trinajstić information content (AvgIpc) is 2.22. The van der Waals surface area contributed by atoms with Crippen LogP contribution >= 0.6 is 0 Å². The van der Waals surface area contributed by atoms with Crippen molar-refractivity contribution in [1.29, 1.82) is 0 Å². The molecule has 0 aromatic rings. The number of hydrogen-bond donors (Lipinski definition) is 2. The molecule has 0 aliphatic rings. The fraction of sp³-hybridized carbons (Fsp3) is 1.00. The number of rotatable bonds is 11. The lowest BCUT2D eigenvalue weighted by atomic mass is 10.1. The van der Waals surface area contributed by atoms with E-state index in [-0.39, 0.29) is 6.61 Å². The maximum atomic E-state index is 9.24. The van der Waals surface area contributed by atoms with Gasteiger partial charge in [-0.2, -0.15) is 0 Å². The van der Waals surface area contributed by atoms with Crippen molar-refractivity contribution in [1.82, 2.24) is 0 Å². The molecule has 0 saturated carbocycles. The first kappa shape index (κ1) is 14.9. The first-order valence-corrected chi connectivity index (χ1v) is 6.18. The molecule has 3 nitrogen and oxygen atoms in total. The molecule has 0 radical (unpaired) electrons. The Morgan fingerprint density at radius 1 is 1.07 bits per heavy atom. The van der Waals surface area contributed by atoms with Crippen molar-refractivity contribution >= 4 is 0 Å². The van der Waals surface area contributed by atoms with E-state index < -0.39 is 6.10 Å². The van der Waals surface area contributed by atoms with Crippen LogP contribution in [0.2, 0.25) is 0 Å². The molecule has 0 bridgehead atoms. The van der Waals surface area contributed by atoms with Crippen molar-refractivity contribution in [3.8, 4) is 0 Å². The highest BCUT2D eigenvalue weighted by molar-refractivity contribution is 4.52. The largest absolute Gasteiger partial charge is 0.396 e. The second-order valence-corrected chi connectivity index (χ2v) is 4.01. The number of aliphatic hydroxyl groups excluding tert-OH is 2. The minimum absolute atomic E-state index is 0.0293. The maximum absolute atomic E-state index is 9.24. The Labute approximate surface area is 93.5 Å². The molecular formula is C12H26O3. The van der Waals surface area contributed by atoms with Gasteiger partial charge in [-0.15, -0.1) is 0 Å². The fourth-order valence-corrected chi connectivity index (χ4v) is 1.44. The van der Waals surface area contributed by atoms with Crippen LogP contribution in [-0.4, -0.2) is 36.1 Å². The first-order valence-electron chi connectivity index (χ1n) is 6.18. The lowest BCUT2D eigenvalue weighted by Gasteiger charge is -2.09. The summed E-state index contributed by atoms with van der Waals surface area (Å²) in [6.07, 6.45) is 7.43. The summed E-state index contributed by atoms with van der Waals surface area (Å²) in [6, 6.07) is 0. The van der Waals surface area contributed by atoms with Crippen LogP contribution in [0.4, 0.5) is 0 Å². The van der Waals surface area contributed by atoms with Gasteiger partial charge >= 0.3 is 0 Å². The number of hydrogen-bond acceptors (Lipinski definition) is 3. The van der Waals surface area contributed by atoms with E-state index in [2.05, 4.69) is 6.92 Å². The van der Waals surface area contributed by atoms with E-state index in [0.717, 1.165) is 13.0 Å². The molecule has 0 fully saturated rings. The Bertz CT molecular complexity index is 117. The third-order valence-corrected chi connectivity index (χ3v) is 2.41. The normalized spacial score (nSPS) is 13.0. The predicted molar refractivity (Wildman–Crippen MR) is 61.9 cm³/mol. The molecule has 0 rings (SSSR count). The molecule has 0 aromatic heterocycles. The quantitative estimate of drug-likeness (QED) is 0.522. The smallest absolute Gasteiger partial charge is 0.0795 e.